The predicted molar refractivity (Wildman–Crippen MR) is 52.8 cm³/mol. The molecule has 0 aliphatic carbocycles. The maximum absolute atomic E-state index is 10.0. The molecule has 0 aromatic rings. The van der Waals surface area contributed by atoms with E-state index in [-0.39, 0.29) is 6.42 Å². The second-order valence-electron chi connectivity index (χ2n) is 3.25. The lowest BCUT2D eigenvalue weighted by atomic mass is 10.2. The number of hydrogen-bond donors (Lipinski definition) is 6. The van der Waals surface area contributed by atoms with Gasteiger partial charge in [0.25, 0.3) is 0 Å². The van der Waals surface area contributed by atoms with Crippen LogP contribution in [0.25, 0.3) is 0 Å². The third-order valence-corrected chi connectivity index (χ3v) is 1.59. The molecule has 1 amide bonds. The number of quaternary nitrogens is 1. The summed E-state index contributed by atoms with van der Waals surface area (Å²) >= 11 is 0. The standard InChI is InChI=1S/C4H8N2O3.C4H6O6/c5-2(4(8)9)1-3(6)7;5-1(3(7)8)2(6)4(9)10/h2H,1,5H2,(H2,6,7)(H,8,9);1-2,5-6H,(H,7,8)(H,9,10)/t2-;1-,2-/m10/s1. The largest absolute Gasteiger partial charge is 0.544 e. The molecule has 9 N–H and O–H groups in total. The molecule has 0 saturated carbocycles. The molecule has 0 aromatic heterocycles. The number of hydrogen-bond acceptors (Lipinski definition) is 7. The first-order valence-corrected chi connectivity index (χ1v) is 4.64. The number of rotatable bonds is 6. The summed E-state index contributed by atoms with van der Waals surface area (Å²) in [6.45, 7) is 0. The number of nitrogens with two attached hydrogens (primary N) is 1. The molecule has 11 nitrogen and oxygen atoms in total. The van der Waals surface area contributed by atoms with Crippen LogP contribution in [0.5, 0.6) is 0 Å². The van der Waals surface area contributed by atoms with Gasteiger partial charge in [0.1, 0.15) is 6.04 Å². The highest BCUT2D eigenvalue weighted by atomic mass is 16.4. The summed E-state index contributed by atoms with van der Waals surface area (Å²) in [6.07, 6.45) is -4.79. The zero-order valence-electron chi connectivity index (χ0n) is 9.55. The zero-order chi connectivity index (χ0) is 15.7. The molecule has 0 aliphatic heterocycles. The summed E-state index contributed by atoms with van der Waals surface area (Å²) in [5, 5.41) is 42.4. The van der Waals surface area contributed by atoms with Gasteiger partial charge in [-0.3, -0.25) is 4.79 Å². The minimum Gasteiger partial charge on any atom is -0.544 e. The molecule has 3 atom stereocenters. The smallest absolute Gasteiger partial charge is 0.335 e. The second-order valence-corrected chi connectivity index (χ2v) is 3.25. The monoisotopic (exact) mass is 282 g/mol. The molecule has 0 heterocycles. The molecular formula is C8H14N2O9. The van der Waals surface area contributed by atoms with Crippen LogP contribution in [-0.4, -0.2) is 62.5 Å². The molecule has 0 aromatic carbocycles. The van der Waals surface area contributed by atoms with Crippen LogP contribution in [0.4, 0.5) is 0 Å². The Morgan fingerprint density at radius 1 is 1.05 bits per heavy atom. The summed E-state index contributed by atoms with van der Waals surface area (Å²) in [5.41, 5.74) is 7.78. The Hall–Kier alpha value is -2.24. The molecular weight excluding hydrogens is 268 g/mol. The first-order valence-electron chi connectivity index (χ1n) is 4.64. The van der Waals surface area contributed by atoms with Crippen LogP contribution >= 0.6 is 0 Å². The number of aliphatic hydroxyl groups excluding tert-OH is 2. The van der Waals surface area contributed by atoms with Crippen molar-refractivity contribution in [3.05, 3.63) is 0 Å². The van der Waals surface area contributed by atoms with Gasteiger partial charge in [-0.05, 0) is 0 Å². The number of carbonyl (C=O) groups excluding carboxylic acids is 2. The number of primary amides is 1. The minimum atomic E-state index is -2.27. The van der Waals surface area contributed by atoms with E-state index in [9.17, 15) is 24.3 Å². The Balaban J connectivity index is 0. The molecule has 110 valence electrons. The van der Waals surface area contributed by atoms with Crippen LogP contribution in [0, 0.1) is 0 Å². The maximum atomic E-state index is 10.0. The molecule has 0 unspecified atom stereocenters. The Kier molecular flexibility index (Phi) is 8.84. The molecule has 0 fully saturated rings. The molecule has 0 bridgehead atoms. The Labute approximate surface area is 106 Å². The van der Waals surface area contributed by atoms with Crippen LogP contribution in [-0.2, 0) is 19.2 Å². The first-order chi connectivity index (χ1) is 8.50. The minimum absolute atomic E-state index is 0.262. The molecule has 0 rings (SSSR count). The fourth-order valence-electron chi connectivity index (χ4n) is 0.596. The average Bonchev–Trinajstić information content (AvgIpc) is 2.26. The SMILES string of the molecule is NC(=O)C[C@@H]([NH3+])C(=O)[O-].O=C(O)[C@@H](O)[C@H](O)C(=O)O. The predicted octanol–water partition coefficient (Wildman–Crippen LogP) is -5.90. The highest BCUT2D eigenvalue weighted by Gasteiger charge is 2.29. The maximum Gasteiger partial charge on any atom is 0.335 e. The quantitative estimate of drug-likeness (QED) is 0.272. The molecule has 11 heteroatoms. The summed E-state index contributed by atoms with van der Waals surface area (Å²) in [7, 11) is 0. The summed E-state index contributed by atoms with van der Waals surface area (Å²) < 4.78 is 0. The summed E-state index contributed by atoms with van der Waals surface area (Å²) in [6, 6.07) is -1.03. The van der Waals surface area contributed by atoms with Crippen LogP contribution in [0.15, 0.2) is 0 Å². The van der Waals surface area contributed by atoms with Crippen molar-refractivity contribution in [2.75, 3.05) is 0 Å². The number of carboxylic acids is 3. The van der Waals surface area contributed by atoms with E-state index in [2.05, 4.69) is 11.5 Å². The van der Waals surface area contributed by atoms with E-state index in [1.165, 1.54) is 0 Å². The van der Waals surface area contributed by atoms with E-state index in [0.717, 1.165) is 0 Å². The Morgan fingerprint density at radius 3 is 1.47 bits per heavy atom. The van der Waals surface area contributed by atoms with Gasteiger partial charge in [0.05, 0.1) is 12.4 Å². The number of carbonyl (C=O) groups is 4. The summed E-state index contributed by atoms with van der Waals surface area (Å²) in [5.74, 6) is -5.57. The van der Waals surface area contributed by atoms with Crippen molar-refractivity contribution in [2.24, 2.45) is 5.73 Å². The third-order valence-electron chi connectivity index (χ3n) is 1.59. The van der Waals surface area contributed by atoms with Crippen molar-refractivity contribution in [3.8, 4) is 0 Å². The number of aliphatic carboxylic acids is 3. The summed E-state index contributed by atoms with van der Waals surface area (Å²) in [4.78, 5) is 39.4. The van der Waals surface area contributed by atoms with E-state index in [0.29, 0.717) is 0 Å². The lowest BCUT2D eigenvalue weighted by molar-refractivity contribution is -0.436. The van der Waals surface area contributed by atoms with Crippen molar-refractivity contribution >= 4 is 23.8 Å². The van der Waals surface area contributed by atoms with E-state index in [1.807, 2.05) is 0 Å². The van der Waals surface area contributed by atoms with Gasteiger partial charge in [0.15, 0.2) is 12.2 Å². The highest BCUT2D eigenvalue weighted by Crippen LogP contribution is 1.92. The molecule has 0 saturated heterocycles. The van der Waals surface area contributed by atoms with Gasteiger partial charge in [-0.2, -0.15) is 0 Å². The van der Waals surface area contributed by atoms with Gasteiger partial charge >= 0.3 is 11.9 Å². The third kappa shape index (κ3) is 9.46. The zero-order valence-corrected chi connectivity index (χ0v) is 9.55. The fraction of sp³-hybridized carbons (Fsp3) is 0.500. The van der Waals surface area contributed by atoms with Crippen LogP contribution in [0.2, 0.25) is 0 Å². The molecule has 19 heavy (non-hydrogen) atoms. The van der Waals surface area contributed by atoms with Gasteiger partial charge in [0.2, 0.25) is 5.91 Å². The van der Waals surface area contributed by atoms with Crippen LogP contribution in [0.1, 0.15) is 6.42 Å². The second kappa shape index (κ2) is 8.79. The van der Waals surface area contributed by atoms with Gasteiger partial charge < -0.3 is 41.8 Å². The van der Waals surface area contributed by atoms with E-state index >= 15 is 0 Å². The van der Waals surface area contributed by atoms with E-state index in [1.54, 1.807) is 0 Å². The highest BCUT2D eigenvalue weighted by molar-refractivity contribution is 5.83. The first kappa shape index (κ1) is 19.1. The van der Waals surface area contributed by atoms with E-state index < -0.39 is 42.1 Å². The lowest BCUT2D eigenvalue weighted by Gasteiger charge is -2.07. The normalized spacial score (nSPS) is 14.3. The fourth-order valence-corrected chi connectivity index (χ4v) is 0.596. The van der Waals surface area contributed by atoms with E-state index in [4.69, 9.17) is 20.4 Å². The van der Waals surface area contributed by atoms with Crippen LogP contribution in [0.3, 0.4) is 0 Å². The van der Waals surface area contributed by atoms with Crippen molar-refractivity contribution in [3.63, 3.8) is 0 Å². The Bertz CT molecular complexity index is 338. The number of aliphatic hydroxyl groups is 2. The molecule has 0 radical (unpaired) electrons. The van der Waals surface area contributed by atoms with Crippen molar-refractivity contribution < 1.29 is 50.4 Å². The topological polar surface area (TPSA) is 226 Å². The Morgan fingerprint density at radius 2 is 1.37 bits per heavy atom. The van der Waals surface area contributed by atoms with Gasteiger partial charge in [-0.1, -0.05) is 0 Å². The van der Waals surface area contributed by atoms with Crippen LogP contribution < -0.4 is 16.6 Å². The van der Waals surface area contributed by atoms with Gasteiger partial charge in [-0.15, -0.1) is 0 Å². The van der Waals surface area contributed by atoms with Crippen molar-refractivity contribution in [2.45, 2.75) is 24.7 Å². The van der Waals surface area contributed by atoms with Crippen molar-refractivity contribution in [1.29, 1.82) is 0 Å². The number of amides is 1. The van der Waals surface area contributed by atoms with Gasteiger partial charge in [-0.25, -0.2) is 9.59 Å². The van der Waals surface area contributed by atoms with Crippen molar-refractivity contribution in [1.82, 2.24) is 0 Å². The molecule has 0 spiro atoms. The lowest BCUT2D eigenvalue weighted by Crippen LogP contribution is -2.69. The number of carboxylic acid groups (broad SMARTS) is 3. The average molecular weight is 282 g/mol. The molecule has 0 aliphatic rings. The van der Waals surface area contributed by atoms with Gasteiger partial charge in [0, 0.05) is 0 Å².